The van der Waals surface area contributed by atoms with Crippen molar-refractivity contribution < 1.29 is 4.79 Å². The van der Waals surface area contributed by atoms with Crippen LogP contribution in [0.4, 0.5) is 0 Å². The predicted molar refractivity (Wildman–Crippen MR) is 119 cm³/mol. The van der Waals surface area contributed by atoms with Crippen molar-refractivity contribution in [3.63, 3.8) is 0 Å². The van der Waals surface area contributed by atoms with E-state index in [0.29, 0.717) is 17.4 Å². The van der Waals surface area contributed by atoms with Crippen LogP contribution in [-0.4, -0.2) is 50.5 Å². The summed E-state index contributed by atoms with van der Waals surface area (Å²) in [6.45, 7) is 5.14. The van der Waals surface area contributed by atoms with Crippen LogP contribution in [-0.2, 0) is 6.42 Å². The van der Waals surface area contributed by atoms with Crippen LogP contribution in [0.15, 0.2) is 59.6 Å². The van der Waals surface area contributed by atoms with Gasteiger partial charge in [0.2, 0.25) is 0 Å². The van der Waals surface area contributed by atoms with Gasteiger partial charge in [-0.15, -0.1) is 0 Å². The predicted octanol–water partition coefficient (Wildman–Crippen LogP) is 3.29. The third-order valence-electron chi connectivity index (χ3n) is 5.76. The zero-order valence-electron chi connectivity index (χ0n) is 17.7. The van der Waals surface area contributed by atoms with Gasteiger partial charge in [-0.05, 0) is 47.9 Å². The second kappa shape index (κ2) is 10.1. The minimum Gasteiger partial charge on any atom is -0.356 e. The third-order valence-corrected chi connectivity index (χ3v) is 5.76. The summed E-state index contributed by atoms with van der Waals surface area (Å²) in [6, 6.07) is 18.6. The van der Waals surface area contributed by atoms with Gasteiger partial charge in [0.15, 0.2) is 5.96 Å². The summed E-state index contributed by atoms with van der Waals surface area (Å²) >= 11 is 0. The molecule has 1 heterocycles. The molecule has 1 fully saturated rings. The average molecular weight is 393 g/mol. The second-order valence-corrected chi connectivity index (χ2v) is 7.73. The Labute approximate surface area is 174 Å². The number of nitrogens with zero attached hydrogens (tertiary/aromatic N) is 2. The van der Waals surface area contributed by atoms with E-state index in [9.17, 15) is 4.79 Å². The fourth-order valence-corrected chi connectivity index (χ4v) is 4.20. The maximum atomic E-state index is 11.8. The van der Waals surface area contributed by atoms with Crippen molar-refractivity contribution in [1.82, 2.24) is 15.5 Å². The zero-order valence-corrected chi connectivity index (χ0v) is 17.7. The first-order valence-electron chi connectivity index (χ1n) is 10.4. The maximum absolute atomic E-state index is 11.8. The van der Waals surface area contributed by atoms with Crippen LogP contribution in [0.2, 0.25) is 0 Å². The first-order chi connectivity index (χ1) is 14.1. The molecule has 3 rings (SSSR count). The normalized spacial score (nSPS) is 19.7. The number of rotatable bonds is 5. The molecule has 1 aliphatic rings. The number of benzene rings is 2. The number of amides is 1. The van der Waals surface area contributed by atoms with Gasteiger partial charge in [-0.1, -0.05) is 49.4 Å². The molecule has 29 heavy (non-hydrogen) atoms. The van der Waals surface area contributed by atoms with Crippen LogP contribution >= 0.6 is 0 Å². The molecule has 5 nitrogen and oxygen atoms in total. The lowest BCUT2D eigenvalue weighted by atomic mass is 9.82. The lowest BCUT2D eigenvalue weighted by molar-refractivity contribution is 0.0963. The van der Waals surface area contributed by atoms with Crippen molar-refractivity contribution in [3.8, 4) is 0 Å². The highest BCUT2D eigenvalue weighted by Crippen LogP contribution is 2.32. The molecule has 5 heteroatoms. The van der Waals surface area contributed by atoms with Crippen molar-refractivity contribution in [1.29, 1.82) is 0 Å². The van der Waals surface area contributed by atoms with Gasteiger partial charge in [0, 0.05) is 39.3 Å². The van der Waals surface area contributed by atoms with Gasteiger partial charge in [-0.25, -0.2) is 0 Å². The molecular weight excluding hydrogens is 360 g/mol. The number of hydrogen-bond donors (Lipinski definition) is 2. The molecule has 0 bridgehead atoms. The maximum Gasteiger partial charge on any atom is 0.251 e. The van der Waals surface area contributed by atoms with Crippen molar-refractivity contribution in [2.75, 3.05) is 33.7 Å². The fraction of sp³-hybridized carbons (Fsp3) is 0.417. The highest BCUT2D eigenvalue weighted by Gasteiger charge is 2.28. The first-order valence-corrected chi connectivity index (χ1v) is 10.4. The third kappa shape index (κ3) is 5.37. The van der Waals surface area contributed by atoms with E-state index in [1.165, 1.54) is 5.56 Å². The zero-order chi connectivity index (χ0) is 20.6. The van der Waals surface area contributed by atoms with Crippen molar-refractivity contribution in [3.05, 3.63) is 71.3 Å². The molecule has 1 saturated heterocycles. The van der Waals surface area contributed by atoms with E-state index in [0.717, 1.165) is 44.0 Å². The largest absolute Gasteiger partial charge is 0.356 e. The fourth-order valence-electron chi connectivity index (χ4n) is 4.20. The molecule has 154 valence electrons. The van der Waals surface area contributed by atoms with Crippen LogP contribution in [0.1, 0.15) is 40.7 Å². The molecule has 2 unspecified atom stereocenters. The molecule has 0 radical (unpaired) electrons. The van der Waals surface area contributed by atoms with Crippen molar-refractivity contribution in [2.45, 2.75) is 25.7 Å². The highest BCUT2D eigenvalue weighted by molar-refractivity contribution is 5.94. The summed E-state index contributed by atoms with van der Waals surface area (Å²) in [6.07, 6.45) is 1.99. The summed E-state index contributed by atoms with van der Waals surface area (Å²) in [5, 5.41) is 6.17. The van der Waals surface area contributed by atoms with Gasteiger partial charge >= 0.3 is 0 Å². The minimum absolute atomic E-state index is 0.0501. The van der Waals surface area contributed by atoms with E-state index in [1.54, 1.807) is 7.05 Å². The van der Waals surface area contributed by atoms with Crippen molar-refractivity contribution >= 4 is 11.9 Å². The second-order valence-electron chi connectivity index (χ2n) is 7.73. The summed E-state index contributed by atoms with van der Waals surface area (Å²) < 4.78 is 0. The number of hydrogen-bond acceptors (Lipinski definition) is 2. The molecular formula is C24H32N4O. The first kappa shape index (κ1) is 20.9. The van der Waals surface area contributed by atoms with Gasteiger partial charge in [-0.3, -0.25) is 9.79 Å². The highest BCUT2D eigenvalue weighted by atomic mass is 16.1. The monoisotopic (exact) mass is 392 g/mol. The van der Waals surface area contributed by atoms with Gasteiger partial charge in [0.05, 0.1) is 0 Å². The smallest absolute Gasteiger partial charge is 0.251 e. The Hall–Kier alpha value is -2.82. The van der Waals surface area contributed by atoms with Crippen LogP contribution in [0.25, 0.3) is 0 Å². The molecule has 0 aliphatic carbocycles. The van der Waals surface area contributed by atoms with Gasteiger partial charge in [-0.2, -0.15) is 0 Å². The molecule has 1 aliphatic heterocycles. The number of piperidine rings is 1. The quantitative estimate of drug-likeness (QED) is 0.606. The topological polar surface area (TPSA) is 56.7 Å². The Bertz CT molecular complexity index is 834. The molecule has 2 atom stereocenters. The summed E-state index contributed by atoms with van der Waals surface area (Å²) in [5.41, 5.74) is 3.29. The number of nitrogens with one attached hydrogen (secondary N) is 2. The molecule has 0 saturated carbocycles. The minimum atomic E-state index is -0.0501. The van der Waals surface area contributed by atoms with Gasteiger partial charge in [0.1, 0.15) is 0 Å². The molecule has 2 aromatic rings. The average Bonchev–Trinajstić information content (AvgIpc) is 2.77. The Morgan fingerprint density at radius 3 is 2.66 bits per heavy atom. The van der Waals surface area contributed by atoms with Gasteiger partial charge < -0.3 is 15.5 Å². The molecule has 2 aromatic carbocycles. The van der Waals surface area contributed by atoms with Gasteiger partial charge in [0.25, 0.3) is 5.91 Å². The molecule has 1 amide bonds. The lowest BCUT2D eigenvalue weighted by Gasteiger charge is -2.39. The summed E-state index contributed by atoms with van der Waals surface area (Å²) in [4.78, 5) is 18.7. The Morgan fingerprint density at radius 2 is 1.97 bits per heavy atom. The van der Waals surface area contributed by atoms with Crippen LogP contribution in [0, 0.1) is 5.92 Å². The Kier molecular flexibility index (Phi) is 7.28. The van der Waals surface area contributed by atoms with E-state index in [2.05, 4.69) is 63.8 Å². The van der Waals surface area contributed by atoms with E-state index < -0.39 is 0 Å². The molecule has 0 spiro atoms. The summed E-state index contributed by atoms with van der Waals surface area (Å²) in [5.74, 6) is 2.10. The van der Waals surface area contributed by atoms with E-state index in [1.807, 2.05) is 25.2 Å². The number of likely N-dealkylation sites (tertiary alicyclic amines) is 1. The van der Waals surface area contributed by atoms with E-state index >= 15 is 0 Å². The molecule has 2 N–H and O–H groups in total. The number of aliphatic imine (C=N–C) groups is 1. The van der Waals surface area contributed by atoms with Crippen LogP contribution in [0.3, 0.4) is 0 Å². The van der Waals surface area contributed by atoms with E-state index in [-0.39, 0.29) is 5.91 Å². The number of carbonyl (C=O) groups is 1. The Morgan fingerprint density at radius 1 is 1.17 bits per heavy atom. The van der Waals surface area contributed by atoms with Crippen LogP contribution in [0.5, 0.6) is 0 Å². The standard InChI is InChI=1S/C24H32N4O/c1-18-17-28(15-13-22(18)20-9-5-4-6-10-20)24(26-3)27-14-12-19-8-7-11-21(16-19)23(29)25-2/h4-11,16,18,22H,12-15,17H2,1-3H3,(H,25,29)(H,26,27). The Balaban J connectivity index is 1.53. The SMILES string of the molecule is CN=C(NCCc1cccc(C(=O)NC)c1)N1CCC(c2ccccc2)C(C)C1. The molecule has 0 aromatic heterocycles. The number of carbonyl (C=O) groups excluding carboxylic acids is 1. The number of guanidine groups is 1. The van der Waals surface area contributed by atoms with E-state index in [4.69, 9.17) is 0 Å². The van der Waals surface area contributed by atoms with Crippen LogP contribution < -0.4 is 10.6 Å². The summed E-state index contributed by atoms with van der Waals surface area (Å²) in [7, 11) is 3.50. The van der Waals surface area contributed by atoms with Crippen molar-refractivity contribution in [2.24, 2.45) is 10.9 Å². The lowest BCUT2D eigenvalue weighted by Crippen LogP contribution is -2.48.